The van der Waals surface area contributed by atoms with Gasteiger partial charge in [0.15, 0.2) is 12.4 Å². The number of hydrogen-bond acceptors (Lipinski definition) is 3. The summed E-state index contributed by atoms with van der Waals surface area (Å²) in [5, 5.41) is 13.8. The van der Waals surface area contributed by atoms with Crippen LogP contribution >= 0.6 is 0 Å². The highest BCUT2D eigenvalue weighted by atomic mass is 16.5. The number of aromatic nitrogens is 1. The SMILES string of the molecule is CC(C)(C)CN1CC(NC(=O)c2cc[n+]([O-])cc2)CC1=O. The van der Waals surface area contributed by atoms with E-state index in [1.807, 2.05) is 0 Å². The van der Waals surface area contributed by atoms with E-state index >= 15 is 0 Å². The zero-order valence-corrected chi connectivity index (χ0v) is 12.6. The molecule has 1 atom stereocenters. The first-order valence-corrected chi connectivity index (χ1v) is 7.02. The number of nitrogens with one attached hydrogen (secondary N) is 1. The molecule has 0 bridgehead atoms. The number of carbonyl (C=O) groups is 2. The molecule has 2 rings (SSSR count). The van der Waals surface area contributed by atoms with Crippen LogP contribution in [0.15, 0.2) is 24.5 Å². The van der Waals surface area contributed by atoms with Gasteiger partial charge in [0.1, 0.15) is 0 Å². The molecule has 1 aromatic rings. The van der Waals surface area contributed by atoms with Crippen molar-refractivity contribution in [3.05, 3.63) is 35.3 Å². The van der Waals surface area contributed by atoms with E-state index in [1.165, 1.54) is 24.5 Å². The van der Waals surface area contributed by atoms with Gasteiger partial charge in [-0.2, -0.15) is 4.73 Å². The molecule has 1 saturated heterocycles. The summed E-state index contributed by atoms with van der Waals surface area (Å²) in [4.78, 5) is 25.8. The van der Waals surface area contributed by atoms with Gasteiger partial charge in [-0.1, -0.05) is 20.8 Å². The normalized spacial score (nSPS) is 18.9. The van der Waals surface area contributed by atoms with Gasteiger partial charge in [-0.05, 0) is 5.41 Å². The fraction of sp³-hybridized carbons (Fsp3) is 0.533. The van der Waals surface area contributed by atoms with Crippen molar-refractivity contribution in [2.24, 2.45) is 5.41 Å². The van der Waals surface area contributed by atoms with Gasteiger partial charge in [0.2, 0.25) is 5.91 Å². The molecule has 1 N–H and O–H groups in total. The van der Waals surface area contributed by atoms with Gasteiger partial charge >= 0.3 is 0 Å². The molecule has 1 aromatic heterocycles. The molecule has 1 unspecified atom stereocenters. The molecule has 114 valence electrons. The minimum Gasteiger partial charge on any atom is -0.619 e. The Morgan fingerprint density at radius 2 is 2.05 bits per heavy atom. The van der Waals surface area contributed by atoms with Crippen LogP contribution in [0.25, 0.3) is 0 Å². The molecule has 6 heteroatoms. The third-order valence-corrected chi connectivity index (χ3v) is 3.28. The smallest absolute Gasteiger partial charge is 0.252 e. The topological polar surface area (TPSA) is 76.3 Å². The zero-order valence-electron chi connectivity index (χ0n) is 12.6. The van der Waals surface area contributed by atoms with Gasteiger partial charge in [0.25, 0.3) is 5.91 Å². The lowest BCUT2D eigenvalue weighted by Crippen LogP contribution is -2.39. The maximum absolute atomic E-state index is 12.1. The third-order valence-electron chi connectivity index (χ3n) is 3.28. The first-order chi connectivity index (χ1) is 9.74. The summed E-state index contributed by atoms with van der Waals surface area (Å²) in [7, 11) is 0. The van der Waals surface area contributed by atoms with Gasteiger partial charge in [0, 0.05) is 31.6 Å². The van der Waals surface area contributed by atoms with E-state index < -0.39 is 0 Å². The van der Waals surface area contributed by atoms with E-state index in [-0.39, 0.29) is 23.3 Å². The second-order valence-electron chi connectivity index (χ2n) is 6.66. The van der Waals surface area contributed by atoms with Crippen LogP contribution in [-0.2, 0) is 4.79 Å². The summed E-state index contributed by atoms with van der Waals surface area (Å²) in [5.41, 5.74) is 0.458. The maximum Gasteiger partial charge on any atom is 0.252 e. The molecule has 6 nitrogen and oxygen atoms in total. The van der Waals surface area contributed by atoms with Crippen molar-refractivity contribution in [2.45, 2.75) is 33.2 Å². The van der Waals surface area contributed by atoms with Gasteiger partial charge in [-0.15, -0.1) is 0 Å². The summed E-state index contributed by atoms with van der Waals surface area (Å²) in [6.45, 7) is 7.45. The lowest BCUT2D eigenvalue weighted by Gasteiger charge is -2.26. The predicted molar refractivity (Wildman–Crippen MR) is 77.3 cm³/mol. The first kappa shape index (κ1) is 15.3. The van der Waals surface area contributed by atoms with Gasteiger partial charge in [-0.3, -0.25) is 9.59 Å². The molecule has 1 aliphatic heterocycles. The monoisotopic (exact) mass is 291 g/mol. The molecule has 0 radical (unpaired) electrons. The largest absolute Gasteiger partial charge is 0.619 e. The summed E-state index contributed by atoms with van der Waals surface area (Å²) < 4.78 is 0.626. The van der Waals surface area contributed by atoms with Crippen molar-refractivity contribution >= 4 is 11.8 Å². The molecule has 0 aromatic carbocycles. The number of rotatable bonds is 3. The second-order valence-corrected chi connectivity index (χ2v) is 6.66. The molecule has 21 heavy (non-hydrogen) atoms. The Hall–Kier alpha value is -2.11. The minimum absolute atomic E-state index is 0.0374. The van der Waals surface area contributed by atoms with Crippen molar-refractivity contribution in [1.82, 2.24) is 10.2 Å². The van der Waals surface area contributed by atoms with Crippen LogP contribution in [0.3, 0.4) is 0 Å². The standard InChI is InChI=1S/C15H21N3O3/c1-15(2,3)10-17-9-12(8-13(17)19)16-14(20)11-4-6-18(21)7-5-11/h4-7,12H,8-10H2,1-3H3,(H,16,20). The van der Waals surface area contributed by atoms with Crippen LogP contribution in [0.5, 0.6) is 0 Å². The molecule has 2 amide bonds. The Morgan fingerprint density at radius 3 is 2.62 bits per heavy atom. The fourth-order valence-corrected chi connectivity index (χ4v) is 2.43. The maximum atomic E-state index is 12.1. The average molecular weight is 291 g/mol. The van der Waals surface area contributed by atoms with Gasteiger partial charge in [-0.25, -0.2) is 0 Å². The number of pyridine rings is 1. The van der Waals surface area contributed by atoms with E-state index in [1.54, 1.807) is 4.90 Å². The summed E-state index contributed by atoms with van der Waals surface area (Å²) >= 11 is 0. The molecule has 2 heterocycles. The first-order valence-electron chi connectivity index (χ1n) is 7.02. The Bertz CT molecular complexity index is 534. The highest BCUT2D eigenvalue weighted by molar-refractivity contribution is 5.94. The van der Waals surface area contributed by atoms with Crippen molar-refractivity contribution in [3.63, 3.8) is 0 Å². The molecular formula is C15H21N3O3. The lowest BCUT2D eigenvalue weighted by molar-refractivity contribution is -0.605. The molecule has 1 aliphatic rings. The average Bonchev–Trinajstić information content (AvgIpc) is 2.68. The summed E-state index contributed by atoms with van der Waals surface area (Å²) in [5.74, 6) is -0.188. The van der Waals surface area contributed by atoms with E-state index in [0.29, 0.717) is 29.8 Å². The van der Waals surface area contributed by atoms with Crippen LogP contribution < -0.4 is 10.0 Å². The number of likely N-dealkylation sites (tertiary alicyclic amines) is 1. The van der Waals surface area contributed by atoms with Crippen molar-refractivity contribution in [3.8, 4) is 0 Å². The number of amides is 2. The van der Waals surface area contributed by atoms with Crippen molar-refractivity contribution < 1.29 is 14.3 Å². The van der Waals surface area contributed by atoms with Crippen LogP contribution in [0.2, 0.25) is 0 Å². The summed E-state index contributed by atoms with van der Waals surface area (Å²) in [6.07, 6.45) is 2.89. The van der Waals surface area contributed by atoms with Gasteiger partial charge in [0.05, 0.1) is 11.6 Å². The van der Waals surface area contributed by atoms with Crippen LogP contribution in [0, 0.1) is 10.6 Å². The molecule has 1 fully saturated rings. The Morgan fingerprint density at radius 1 is 1.43 bits per heavy atom. The molecule has 0 aliphatic carbocycles. The van der Waals surface area contributed by atoms with E-state index in [9.17, 15) is 14.8 Å². The highest BCUT2D eigenvalue weighted by Gasteiger charge is 2.32. The predicted octanol–water partition coefficient (Wildman–Crippen LogP) is 0.697. The van der Waals surface area contributed by atoms with Crippen molar-refractivity contribution in [1.29, 1.82) is 0 Å². The quantitative estimate of drug-likeness (QED) is 0.658. The lowest BCUT2D eigenvalue weighted by atomic mass is 9.96. The Labute approximate surface area is 124 Å². The second kappa shape index (κ2) is 5.71. The fourth-order valence-electron chi connectivity index (χ4n) is 2.43. The highest BCUT2D eigenvalue weighted by Crippen LogP contribution is 2.20. The van der Waals surface area contributed by atoms with E-state index in [4.69, 9.17) is 0 Å². The molecule has 0 spiro atoms. The van der Waals surface area contributed by atoms with E-state index in [2.05, 4.69) is 26.1 Å². The molecule has 0 saturated carbocycles. The minimum atomic E-state index is -0.258. The van der Waals surface area contributed by atoms with E-state index in [0.717, 1.165) is 0 Å². The van der Waals surface area contributed by atoms with Crippen LogP contribution in [0.1, 0.15) is 37.6 Å². The Kier molecular flexibility index (Phi) is 4.16. The Balaban J connectivity index is 1.94. The summed E-state index contributed by atoms with van der Waals surface area (Å²) in [6, 6.07) is 2.75. The van der Waals surface area contributed by atoms with Crippen LogP contribution in [0.4, 0.5) is 0 Å². The number of hydrogen-bond donors (Lipinski definition) is 1. The molecular weight excluding hydrogens is 270 g/mol. The third kappa shape index (κ3) is 4.18. The number of carbonyl (C=O) groups excluding carboxylic acids is 2. The van der Waals surface area contributed by atoms with Gasteiger partial charge < -0.3 is 15.4 Å². The van der Waals surface area contributed by atoms with Crippen molar-refractivity contribution in [2.75, 3.05) is 13.1 Å². The number of nitrogens with zero attached hydrogens (tertiary/aromatic N) is 2. The zero-order chi connectivity index (χ0) is 15.6. The van der Waals surface area contributed by atoms with Crippen LogP contribution in [-0.4, -0.2) is 35.8 Å².